The standard InChI is InChI=1S/C6H6Br2N2/c7-3-1-5(9)6(10)2-4(3)8/h1-2H,9-10H2. The Labute approximate surface area is 75.8 Å². The third kappa shape index (κ3) is 1.44. The molecule has 4 heteroatoms. The van der Waals surface area contributed by atoms with Crippen LogP contribution in [0.25, 0.3) is 0 Å². The van der Waals surface area contributed by atoms with Gasteiger partial charge in [-0.15, -0.1) is 0 Å². The molecule has 0 aliphatic rings. The summed E-state index contributed by atoms with van der Waals surface area (Å²) >= 11 is 6.60. The molecule has 0 atom stereocenters. The van der Waals surface area contributed by atoms with Crippen molar-refractivity contribution >= 4 is 43.2 Å². The van der Waals surface area contributed by atoms with Crippen LogP contribution in [0, 0.1) is 0 Å². The van der Waals surface area contributed by atoms with E-state index in [2.05, 4.69) is 31.9 Å². The molecule has 0 radical (unpaired) electrons. The normalized spacial score (nSPS) is 9.80. The summed E-state index contributed by atoms with van der Waals surface area (Å²) in [7, 11) is 0. The van der Waals surface area contributed by atoms with Crippen molar-refractivity contribution in [3.63, 3.8) is 0 Å². The average molecular weight is 266 g/mol. The minimum atomic E-state index is 0.593. The largest absolute Gasteiger partial charge is 0.397 e. The molecular formula is C6H6Br2N2. The molecule has 0 fully saturated rings. The van der Waals surface area contributed by atoms with Crippen molar-refractivity contribution in [2.45, 2.75) is 0 Å². The quantitative estimate of drug-likeness (QED) is 0.708. The molecule has 0 aliphatic carbocycles. The Balaban J connectivity index is 3.28. The average Bonchev–Trinajstić information content (AvgIpc) is 1.84. The van der Waals surface area contributed by atoms with E-state index in [9.17, 15) is 0 Å². The zero-order valence-corrected chi connectivity index (χ0v) is 8.24. The maximum atomic E-state index is 5.51. The molecule has 1 aromatic carbocycles. The van der Waals surface area contributed by atoms with Crippen LogP contribution >= 0.6 is 31.9 Å². The minimum Gasteiger partial charge on any atom is -0.397 e. The second-order valence-electron chi connectivity index (χ2n) is 1.90. The van der Waals surface area contributed by atoms with Gasteiger partial charge in [0.2, 0.25) is 0 Å². The second kappa shape index (κ2) is 2.80. The van der Waals surface area contributed by atoms with Crippen LogP contribution in [0.2, 0.25) is 0 Å². The van der Waals surface area contributed by atoms with E-state index in [-0.39, 0.29) is 0 Å². The Hall–Kier alpha value is -0.220. The molecule has 0 saturated carbocycles. The van der Waals surface area contributed by atoms with Gasteiger partial charge in [-0.05, 0) is 44.0 Å². The highest BCUT2D eigenvalue weighted by Gasteiger charge is 1.99. The van der Waals surface area contributed by atoms with Gasteiger partial charge < -0.3 is 11.5 Å². The smallest absolute Gasteiger partial charge is 0.0559 e. The number of rotatable bonds is 0. The Morgan fingerprint density at radius 2 is 1.20 bits per heavy atom. The third-order valence-corrected chi connectivity index (χ3v) is 2.97. The lowest BCUT2D eigenvalue weighted by atomic mass is 10.3. The van der Waals surface area contributed by atoms with Crippen LogP contribution in [0.1, 0.15) is 0 Å². The number of anilines is 2. The summed E-state index contributed by atoms with van der Waals surface area (Å²) in [5, 5.41) is 0. The van der Waals surface area contributed by atoms with E-state index in [4.69, 9.17) is 11.5 Å². The van der Waals surface area contributed by atoms with Crippen molar-refractivity contribution in [2.24, 2.45) is 0 Å². The molecule has 2 nitrogen and oxygen atoms in total. The Morgan fingerprint density at radius 3 is 1.50 bits per heavy atom. The highest BCUT2D eigenvalue weighted by Crippen LogP contribution is 2.29. The van der Waals surface area contributed by atoms with Gasteiger partial charge in [-0.1, -0.05) is 0 Å². The molecule has 4 N–H and O–H groups in total. The molecule has 0 unspecified atom stereocenters. The number of halogens is 2. The van der Waals surface area contributed by atoms with Gasteiger partial charge in [0.05, 0.1) is 11.4 Å². The van der Waals surface area contributed by atoms with E-state index < -0.39 is 0 Å². The van der Waals surface area contributed by atoms with E-state index in [1.165, 1.54) is 0 Å². The number of hydrogen-bond donors (Lipinski definition) is 2. The molecule has 1 aromatic rings. The van der Waals surface area contributed by atoms with Crippen molar-refractivity contribution in [1.82, 2.24) is 0 Å². The summed E-state index contributed by atoms with van der Waals surface area (Å²) < 4.78 is 1.83. The monoisotopic (exact) mass is 264 g/mol. The van der Waals surface area contributed by atoms with Gasteiger partial charge in [0.15, 0.2) is 0 Å². The van der Waals surface area contributed by atoms with Crippen LogP contribution in [0.3, 0.4) is 0 Å². The molecule has 0 spiro atoms. The summed E-state index contributed by atoms with van der Waals surface area (Å²) in [6.45, 7) is 0. The number of nitrogen functional groups attached to an aromatic ring is 2. The van der Waals surface area contributed by atoms with Crippen LogP contribution in [-0.2, 0) is 0 Å². The number of nitrogens with two attached hydrogens (primary N) is 2. The lowest BCUT2D eigenvalue weighted by molar-refractivity contribution is 1.57. The van der Waals surface area contributed by atoms with Gasteiger partial charge in [-0.25, -0.2) is 0 Å². The lowest BCUT2D eigenvalue weighted by Crippen LogP contribution is -1.93. The zero-order valence-electron chi connectivity index (χ0n) is 5.07. The molecule has 54 valence electrons. The summed E-state index contributed by atoms with van der Waals surface area (Å²) in [6.07, 6.45) is 0. The van der Waals surface area contributed by atoms with Crippen molar-refractivity contribution < 1.29 is 0 Å². The van der Waals surface area contributed by atoms with E-state index in [0.29, 0.717) is 11.4 Å². The predicted molar refractivity (Wildman–Crippen MR) is 50.7 cm³/mol. The van der Waals surface area contributed by atoms with Crippen molar-refractivity contribution in [3.05, 3.63) is 21.1 Å². The summed E-state index contributed by atoms with van der Waals surface area (Å²) in [5.74, 6) is 0. The molecule has 0 heterocycles. The van der Waals surface area contributed by atoms with Crippen LogP contribution in [0.15, 0.2) is 21.1 Å². The second-order valence-corrected chi connectivity index (χ2v) is 3.60. The van der Waals surface area contributed by atoms with Crippen LogP contribution in [0.4, 0.5) is 11.4 Å². The summed E-state index contributed by atoms with van der Waals surface area (Å²) in [6, 6.07) is 3.53. The number of benzene rings is 1. The van der Waals surface area contributed by atoms with E-state index in [1.807, 2.05) is 0 Å². The fourth-order valence-corrected chi connectivity index (χ4v) is 1.30. The predicted octanol–water partition coefficient (Wildman–Crippen LogP) is 2.38. The fraction of sp³-hybridized carbons (Fsp3) is 0. The Morgan fingerprint density at radius 1 is 0.900 bits per heavy atom. The third-order valence-electron chi connectivity index (χ3n) is 1.13. The minimum absolute atomic E-state index is 0.593. The van der Waals surface area contributed by atoms with Gasteiger partial charge in [0, 0.05) is 8.95 Å². The first-order valence-electron chi connectivity index (χ1n) is 2.61. The summed E-state index contributed by atoms with van der Waals surface area (Å²) in [4.78, 5) is 0. The van der Waals surface area contributed by atoms with Crippen LogP contribution < -0.4 is 11.5 Å². The Kier molecular flexibility index (Phi) is 2.21. The van der Waals surface area contributed by atoms with Crippen molar-refractivity contribution in [2.75, 3.05) is 11.5 Å². The summed E-state index contributed by atoms with van der Waals surface area (Å²) in [5.41, 5.74) is 12.2. The molecule has 10 heavy (non-hydrogen) atoms. The van der Waals surface area contributed by atoms with Gasteiger partial charge in [-0.2, -0.15) is 0 Å². The molecule has 0 bridgehead atoms. The maximum Gasteiger partial charge on any atom is 0.0559 e. The maximum absolute atomic E-state index is 5.51. The highest BCUT2D eigenvalue weighted by molar-refractivity contribution is 9.13. The van der Waals surface area contributed by atoms with Gasteiger partial charge in [0.1, 0.15) is 0 Å². The SMILES string of the molecule is Nc1cc(Br)c(Br)cc1N. The van der Waals surface area contributed by atoms with Gasteiger partial charge in [0.25, 0.3) is 0 Å². The van der Waals surface area contributed by atoms with Crippen molar-refractivity contribution in [3.8, 4) is 0 Å². The number of hydrogen-bond acceptors (Lipinski definition) is 2. The zero-order chi connectivity index (χ0) is 7.72. The highest BCUT2D eigenvalue weighted by atomic mass is 79.9. The van der Waals surface area contributed by atoms with Crippen molar-refractivity contribution in [1.29, 1.82) is 0 Å². The molecule has 1 rings (SSSR count). The molecule has 0 amide bonds. The molecule has 0 aliphatic heterocycles. The van der Waals surface area contributed by atoms with Crippen LogP contribution in [0.5, 0.6) is 0 Å². The van der Waals surface area contributed by atoms with E-state index in [1.54, 1.807) is 12.1 Å². The first kappa shape index (κ1) is 7.88. The lowest BCUT2D eigenvalue weighted by Gasteiger charge is -2.01. The van der Waals surface area contributed by atoms with E-state index >= 15 is 0 Å². The first-order valence-corrected chi connectivity index (χ1v) is 4.20. The fourth-order valence-electron chi connectivity index (χ4n) is 0.578. The van der Waals surface area contributed by atoms with Crippen LogP contribution in [-0.4, -0.2) is 0 Å². The molecule has 0 saturated heterocycles. The first-order chi connectivity index (χ1) is 4.61. The topological polar surface area (TPSA) is 52.0 Å². The van der Waals surface area contributed by atoms with Gasteiger partial charge in [-0.3, -0.25) is 0 Å². The van der Waals surface area contributed by atoms with E-state index in [0.717, 1.165) is 8.95 Å². The Bertz CT molecular complexity index is 210. The molecule has 0 aromatic heterocycles. The molecular weight excluding hydrogens is 260 g/mol. The van der Waals surface area contributed by atoms with Gasteiger partial charge >= 0.3 is 0 Å².